The second-order valence-corrected chi connectivity index (χ2v) is 7.25. The molecule has 3 aromatic heterocycles. The number of aromatic nitrogens is 2. The fourth-order valence-electron chi connectivity index (χ4n) is 3.29. The average molecular weight is 425 g/mol. The lowest BCUT2D eigenvalue weighted by Crippen LogP contribution is -2.15. The van der Waals surface area contributed by atoms with Crippen molar-refractivity contribution in [1.29, 1.82) is 0 Å². The highest BCUT2D eigenvalue weighted by Crippen LogP contribution is 2.31. The maximum atomic E-state index is 13.1. The molecule has 0 fully saturated rings. The molecule has 4 aromatic rings. The van der Waals surface area contributed by atoms with Gasteiger partial charge in [0.25, 0.3) is 11.6 Å². The first-order valence-corrected chi connectivity index (χ1v) is 9.37. The molecule has 2 amide bonds. The molecule has 0 aliphatic heterocycles. The van der Waals surface area contributed by atoms with Gasteiger partial charge in [0.1, 0.15) is 11.5 Å². The lowest BCUT2D eigenvalue weighted by molar-refractivity contribution is 0.0998. The number of nitrogens with one attached hydrogen (secondary N) is 1. The number of amides is 2. The molecule has 8 nitrogen and oxygen atoms in total. The van der Waals surface area contributed by atoms with Crippen molar-refractivity contribution in [2.24, 2.45) is 5.73 Å². The Bertz CT molecular complexity index is 1320. The van der Waals surface area contributed by atoms with E-state index in [9.17, 15) is 9.59 Å². The van der Waals surface area contributed by atoms with Crippen LogP contribution in [-0.4, -0.2) is 22.0 Å². The number of primary amides is 1. The summed E-state index contributed by atoms with van der Waals surface area (Å²) in [7, 11) is 0. The smallest absolute Gasteiger partial charge is 0.259 e. The average Bonchev–Trinajstić information content (AvgIpc) is 3.22. The number of carbonyl (C=O) groups excluding carboxylic acids is 2. The number of nitrogens with two attached hydrogens (primary N) is 1. The van der Waals surface area contributed by atoms with Crippen molar-refractivity contribution < 1.29 is 18.5 Å². The summed E-state index contributed by atoms with van der Waals surface area (Å²) in [6.45, 7) is 5.39. The monoisotopic (exact) mass is 424 g/mol. The molecular weight excluding hydrogens is 408 g/mol. The van der Waals surface area contributed by atoms with Crippen molar-refractivity contribution in [2.75, 3.05) is 5.32 Å². The van der Waals surface area contributed by atoms with Crippen LogP contribution in [0.25, 0.3) is 22.4 Å². The Morgan fingerprint density at radius 1 is 1.10 bits per heavy atom. The van der Waals surface area contributed by atoms with E-state index in [2.05, 4.69) is 15.5 Å². The molecule has 0 bridgehead atoms. The highest BCUT2D eigenvalue weighted by molar-refractivity contribution is 6.34. The lowest BCUT2D eigenvalue weighted by Gasteiger charge is -2.09. The minimum atomic E-state index is -0.649. The van der Waals surface area contributed by atoms with E-state index in [1.807, 2.05) is 19.9 Å². The van der Waals surface area contributed by atoms with Gasteiger partial charge in [-0.25, -0.2) is 4.98 Å². The summed E-state index contributed by atoms with van der Waals surface area (Å²) in [6.07, 6.45) is 0. The molecule has 0 saturated heterocycles. The first kappa shape index (κ1) is 19.7. The molecule has 1 aromatic carbocycles. The second-order valence-electron chi connectivity index (χ2n) is 6.84. The van der Waals surface area contributed by atoms with Gasteiger partial charge in [-0.15, -0.1) is 0 Å². The first-order valence-electron chi connectivity index (χ1n) is 8.99. The van der Waals surface area contributed by atoms with E-state index in [1.165, 1.54) is 12.1 Å². The Kier molecular flexibility index (Phi) is 4.79. The Morgan fingerprint density at radius 2 is 1.87 bits per heavy atom. The quantitative estimate of drug-likeness (QED) is 0.499. The number of carbonyl (C=O) groups is 2. The standard InChI is InChI=1S/C21H17ClN4O4/c1-9-6-14(11(3)29-9)17-8-15(18-10(2)26-30-21(18)25-17)20(28)24-12-4-5-13(19(23)27)16(22)7-12/h4-8H,1-3H3,(H2,23,27)(H,24,28). The third kappa shape index (κ3) is 3.42. The molecule has 0 saturated carbocycles. The van der Waals surface area contributed by atoms with Crippen LogP contribution >= 0.6 is 11.6 Å². The molecule has 0 aliphatic carbocycles. The fraction of sp³-hybridized carbons (Fsp3) is 0.143. The van der Waals surface area contributed by atoms with Crippen LogP contribution in [0.1, 0.15) is 37.9 Å². The fourth-order valence-corrected chi connectivity index (χ4v) is 3.56. The maximum Gasteiger partial charge on any atom is 0.259 e. The molecule has 0 spiro atoms. The number of halogens is 1. The summed E-state index contributed by atoms with van der Waals surface area (Å²) >= 11 is 6.08. The summed E-state index contributed by atoms with van der Waals surface area (Å²) in [4.78, 5) is 29.0. The molecule has 0 radical (unpaired) electrons. The van der Waals surface area contributed by atoms with Gasteiger partial charge >= 0.3 is 0 Å². The van der Waals surface area contributed by atoms with Gasteiger partial charge < -0.3 is 20.0 Å². The summed E-state index contributed by atoms with van der Waals surface area (Å²) in [5, 5.41) is 7.37. The molecule has 3 heterocycles. The highest BCUT2D eigenvalue weighted by atomic mass is 35.5. The van der Waals surface area contributed by atoms with Gasteiger partial charge in [-0.1, -0.05) is 16.8 Å². The predicted octanol–water partition coefficient (Wildman–Crippen LogP) is 4.41. The van der Waals surface area contributed by atoms with Gasteiger partial charge in [0.2, 0.25) is 5.91 Å². The van der Waals surface area contributed by atoms with Crippen molar-refractivity contribution in [3.63, 3.8) is 0 Å². The summed E-state index contributed by atoms with van der Waals surface area (Å²) in [5.41, 5.74) is 8.25. The number of pyridine rings is 1. The van der Waals surface area contributed by atoms with Crippen LogP contribution in [0, 0.1) is 20.8 Å². The Labute approximate surface area is 176 Å². The number of fused-ring (bicyclic) bond motifs is 1. The van der Waals surface area contributed by atoms with Crippen molar-refractivity contribution in [3.8, 4) is 11.3 Å². The number of nitrogens with zero attached hydrogens (tertiary/aromatic N) is 2. The van der Waals surface area contributed by atoms with E-state index in [4.69, 9.17) is 26.3 Å². The largest absolute Gasteiger partial charge is 0.466 e. The molecular formula is C21H17ClN4O4. The van der Waals surface area contributed by atoms with Gasteiger partial charge in [-0.3, -0.25) is 9.59 Å². The van der Waals surface area contributed by atoms with Crippen LogP contribution < -0.4 is 11.1 Å². The highest BCUT2D eigenvalue weighted by Gasteiger charge is 2.21. The SMILES string of the molecule is Cc1cc(-c2cc(C(=O)Nc3ccc(C(N)=O)c(Cl)c3)c3c(C)noc3n2)c(C)o1. The van der Waals surface area contributed by atoms with Crippen LogP contribution in [0.5, 0.6) is 0 Å². The van der Waals surface area contributed by atoms with Crippen LogP contribution in [0.2, 0.25) is 5.02 Å². The number of furan rings is 1. The minimum absolute atomic E-state index is 0.145. The molecule has 152 valence electrons. The second kappa shape index (κ2) is 7.31. The van der Waals surface area contributed by atoms with Crippen molar-refractivity contribution in [2.45, 2.75) is 20.8 Å². The predicted molar refractivity (Wildman–Crippen MR) is 112 cm³/mol. The van der Waals surface area contributed by atoms with E-state index in [0.29, 0.717) is 33.8 Å². The number of rotatable bonds is 4. The van der Waals surface area contributed by atoms with Crippen LogP contribution in [0.15, 0.2) is 39.3 Å². The van der Waals surface area contributed by atoms with Gasteiger partial charge in [0.15, 0.2) is 0 Å². The van der Waals surface area contributed by atoms with Crippen molar-refractivity contribution in [1.82, 2.24) is 10.1 Å². The maximum absolute atomic E-state index is 13.1. The normalized spacial score (nSPS) is 11.1. The van der Waals surface area contributed by atoms with E-state index < -0.39 is 11.8 Å². The number of anilines is 1. The van der Waals surface area contributed by atoms with E-state index in [0.717, 1.165) is 11.3 Å². The summed E-state index contributed by atoms with van der Waals surface area (Å²) < 4.78 is 10.9. The Morgan fingerprint density at radius 3 is 2.50 bits per heavy atom. The molecule has 30 heavy (non-hydrogen) atoms. The zero-order chi connectivity index (χ0) is 21.6. The molecule has 3 N–H and O–H groups in total. The van der Waals surface area contributed by atoms with E-state index in [-0.39, 0.29) is 16.3 Å². The zero-order valence-electron chi connectivity index (χ0n) is 16.4. The summed E-state index contributed by atoms with van der Waals surface area (Å²) in [5.74, 6) is 0.351. The molecule has 0 atom stereocenters. The van der Waals surface area contributed by atoms with Gasteiger partial charge in [0.05, 0.1) is 32.9 Å². The molecule has 0 unspecified atom stereocenters. The topological polar surface area (TPSA) is 124 Å². The Hall–Kier alpha value is -3.65. The zero-order valence-corrected chi connectivity index (χ0v) is 17.1. The number of hydrogen-bond donors (Lipinski definition) is 2. The van der Waals surface area contributed by atoms with Gasteiger partial charge in [0, 0.05) is 11.3 Å². The molecule has 4 rings (SSSR count). The van der Waals surface area contributed by atoms with Gasteiger partial charge in [-0.2, -0.15) is 0 Å². The third-order valence-electron chi connectivity index (χ3n) is 4.67. The van der Waals surface area contributed by atoms with E-state index in [1.54, 1.807) is 19.1 Å². The molecule has 0 aliphatic rings. The molecule has 9 heteroatoms. The Balaban J connectivity index is 1.78. The lowest BCUT2D eigenvalue weighted by atomic mass is 10.1. The summed E-state index contributed by atoms with van der Waals surface area (Å²) in [6, 6.07) is 7.97. The first-order chi connectivity index (χ1) is 14.2. The van der Waals surface area contributed by atoms with Crippen molar-refractivity contribution in [3.05, 3.63) is 63.7 Å². The van der Waals surface area contributed by atoms with Crippen LogP contribution in [0.3, 0.4) is 0 Å². The number of hydrogen-bond acceptors (Lipinski definition) is 6. The number of benzene rings is 1. The van der Waals surface area contributed by atoms with Crippen LogP contribution in [-0.2, 0) is 0 Å². The van der Waals surface area contributed by atoms with Gasteiger partial charge in [-0.05, 0) is 51.1 Å². The van der Waals surface area contributed by atoms with E-state index >= 15 is 0 Å². The third-order valence-corrected chi connectivity index (χ3v) is 4.98. The van der Waals surface area contributed by atoms with Crippen molar-refractivity contribution >= 4 is 40.2 Å². The number of aryl methyl sites for hydroxylation is 3. The minimum Gasteiger partial charge on any atom is -0.466 e. The van der Waals surface area contributed by atoms with Crippen LogP contribution in [0.4, 0.5) is 5.69 Å².